The molecule has 2 aliphatic heterocycles. The summed E-state index contributed by atoms with van der Waals surface area (Å²) in [6.07, 6.45) is 3.78. The number of piperidine rings is 1. The van der Waals surface area contributed by atoms with Gasteiger partial charge in [-0.1, -0.05) is 18.2 Å². The molecule has 2 aliphatic rings. The summed E-state index contributed by atoms with van der Waals surface area (Å²) < 4.78 is 5.10. The van der Waals surface area contributed by atoms with Gasteiger partial charge in [0.05, 0.1) is 6.61 Å². The van der Waals surface area contributed by atoms with E-state index in [-0.39, 0.29) is 12.1 Å². The fourth-order valence-corrected chi connectivity index (χ4v) is 4.17. The summed E-state index contributed by atoms with van der Waals surface area (Å²) in [5.41, 5.74) is 2.61. The number of aromatic nitrogens is 2. The number of para-hydroxylation sites is 1. The van der Waals surface area contributed by atoms with Crippen LogP contribution in [0.15, 0.2) is 30.3 Å². The maximum absolute atomic E-state index is 11.9. The Morgan fingerprint density at radius 2 is 2.00 bits per heavy atom. The van der Waals surface area contributed by atoms with Crippen LogP contribution < -0.4 is 10.2 Å². The van der Waals surface area contributed by atoms with Crippen LogP contribution in [0, 0.1) is 6.92 Å². The van der Waals surface area contributed by atoms with Crippen LogP contribution in [0.1, 0.15) is 37.6 Å². The number of rotatable bonds is 4. The molecule has 1 aromatic carbocycles. The molecule has 1 saturated heterocycles. The van der Waals surface area contributed by atoms with Gasteiger partial charge >= 0.3 is 6.09 Å². The highest BCUT2D eigenvalue weighted by Crippen LogP contribution is 2.33. The topological polar surface area (TPSA) is 70.6 Å². The molecule has 0 bridgehead atoms. The van der Waals surface area contributed by atoms with Crippen molar-refractivity contribution in [1.29, 1.82) is 0 Å². The molecule has 0 aliphatic carbocycles. The fraction of sp³-hybridized carbons (Fsp3) is 0.500. The van der Waals surface area contributed by atoms with Gasteiger partial charge in [-0.3, -0.25) is 0 Å². The Bertz CT molecular complexity index is 864. The van der Waals surface area contributed by atoms with Crippen molar-refractivity contribution in [3.8, 4) is 0 Å². The lowest BCUT2D eigenvalue weighted by Crippen LogP contribution is -2.42. The maximum Gasteiger partial charge on any atom is 0.409 e. The number of likely N-dealkylation sites (tertiary alicyclic amines) is 1. The van der Waals surface area contributed by atoms with Crippen molar-refractivity contribution in [3.05, 3.63) is 41.7 Å². The first-order valence-electron chi connectivity index (χ1n) is 10.5. The zero-order valence-electron chi connectivity index (χ0n) is 17.2. The van der Waals surface area contributed by atoms with E-state index in [1.807, 2.05) is 19.9 Å². The zero-order chi connectivity index (χ0) is 20.2. The van der Waals surface area contributed by atoms with E-state index in [0.29, 0.717) is 19.7 Å². The molecule has 7 heteroatoms. The molecule has 0 atom stereocenters. The number of aryl methyl sites for hydroxylation is 2. The van der Waals surface area contributed by atoms with Gasteiger partial charge in [0.15, 0.2) is 0 Å². The quantitative estimate of drug-likeness (QED) is 0.847. The minimum Gasteiger partial charge on any atom is -0.450 e. The van der Waals surface area contributed by atoms with Gasteiger partial charge in [0.25, 0.3) is 0 Å². The number of nitrogens with zero attached hydrogens (tertiary/aromatic N) is 4. The Balaban J connectivity index is 1.46. The number of amides is 1. The van der Waals surface area contributed by atoms with Crippen molar-refractivity contribution in [2.75, 3.05) is 36.5 Å². The van der Waals surface area contributed by atoms with Crippen LogP contribution in [-0.4, -0.2) is 53.2 Å². The van der Waals surface area contributed by atoms with Crippen LogP contribution in [0.25, 0.3) is 0 Å². The summed E-state index contributed by atoms with van der Waals surface area (Å²) in [6.45, 7) is 6.56. The first-order valence-corrected chi connectivity index (χ1v) is 10.5. The average Bonchev–Trinajstić information content (AvgIpc) is 2.73. The molecular weight excluding hydrogens is 366 g/mol. The molecule has 3 heterocycles. The molecular formula is C22H29N5O2. The fourth-order valence-electron chi connectivity index (χ4n) is 4.17. The first kappa shape index (κ1) is 19.5. The highest BCUT2D eigenvalue weighted by Gasteiger charge is 2.24. The van der Waals surface area contributed by atoms with Gasteiger partial charge in [-0.25, -0.2) is 14.8 Å². The van der Waals surface area contributed by atoms with Crippen LogP contribution in [0.2, 0.25) is 0 Å². The van der Waals surface area contributed by atoms with Crippen LogP contribution >= 0.6 is 0 Å². The second-order valence-corrected chi connectivity index (χ2v) is 7.65. The molecule has 1 fully saturated rings. The number of fused-ring (bicyclic) bond motifs is 1. The molecule has 1 aromatic heterocycles. The number of anilines is 3. The Kier molecular flexibility index (Phi) is 5.83. The SMILES string of the molecule is CCOC(=O)N1CCC(Nc2cc(N3CCCc4ccccc43)nc(C)n2)CC1. The summed E-state index contributed by atoms with van der Waals surface area (Å²) in [5.74, 6) is 2.55. The number of hydrogen-bond donors (Lipinski definition) is 1. The van der Waals surface area contributed by atoms with E-state index in [1.165, 1.54) is 11.3 Å². The predicted octanol–water partition coefficient (Wildman–Crippen LogP) is 3.90. The average molecular weight is 396 g/mol. The number of ether oxygens (including phenoxy) is 1. The maximum atomic E-state index is 11.9. The highest BCUT2D eigenvalue weighted by atomic mass is 16.6. The van der Waals surface area contributed by atoms with Crippen molar-refractivity contribution < 1.29 is 9.53 Å². The number of carbonyl (C=O) groups excluding carboxylic acids is 1. The van der Waals surface area contributed by atoms with Crippen molar-refractivity contribution in [1.82, 2.24) is 14.9 Å². The molecule has 0 saturated carbocycles. The Morgan fingerprint density at radius 1 is 1.21 bits per heavy atom. The molecule has 29 heavy (non-hydrogen) atoms. The van der Waals surface area contributed by atoms with Gasteiger partial charge in [-0.2, -0.15) is 0 Å². The van der Waals surface area contributed by atoms with Crippen molar-refractivity contribution in [2.24, 2.45) is 0 Å². The van der Waals surface area contributed by atoms with Gasteiger partial charge in [0.2, 0.25) is 0 Å². The molecule has 0 spiro atoms. The van der Waals surface area contributed by atoms with E-state index in [1.54, 1.807) is 4.90 Å². The largest absolute Gasteiger partial charge is 0.450 e. The second kappa shape index (κ2) is 8.68. The van der Waals surface area contributed by atoms with E-state index in [9.17, 15) is 4.79 Å². The monoisotopic (exact) mass is 395 g/mol. The number of hydrogen-bond acceptors (Lipinski definition) is 6. The molecule has 154 valence electrons. The predicted molar refractivity (Wildman–Crippen MR) is 114 cm³/mol. The lowest BCUT2D eigenvalue weighted by molar-refractivity contribution is 0.0983. The van der Waals surface area contributed by atoms with E-state index in [2.05, 4.69) is 39.5 Å². The second-order valence-electron chi connectivity index (χ2n) is 7.65. The molecule has 1 amide bonds. The molecule has 1 N–H and O–H groups in total. The molecule has 0 radical (unpaired) electrons. The Morgan fingerprint density at radius 3 is 2.79 bits per heavy atom. The van der Waals surface area contributed by atoms with Crippen LogP contribution in [0.3, 0.4) is 0 Å². The summed E-state index contributed by atoms with van der Waals surface area (Å²) in [4.78, 5) is 25.3. The van der Waals surface area contributed by atoms with Gasteiger partial charge in [0.1, 0.15) is 17.5 Å². The third kappa shape index (κ3) is 4.44. The van der Waals surface area contributed by atoms with Crippen LogP contribution in [0.5, 0.6) is 0 Å². The third-order valence-electron chi connectivity index (χ3n) is 5.58. The van der Waals surface area contributed by atoms with E-state index in [4.69, 9.17) is 9.72 Å². The van der Waals surface area contributed by atoms with E-state index < -0.39 is 0 Å². The van der Waals surface area contributed by atoms with E-state index >= 15 is 0 Å². The minimum absolute atomic E-state index is 0.213. The number of carbonyl (C=O) groups is 1. The highest BCUT2D eigenvalue weighted by molar-refractivity contribution is 5.68. The zero-order valence-corrected chi connectivity index (χ0v) is 17.2. The van der Waals surface area contributed by atoms with Gasteiger partial charge < -0.3 is 19.9 Å². The Labute approximate surface area is 172 Å². The molecule has 0 unspecified atom stereocenters. The smallest absolute Gasteiger partial charge is 0.409 e. The van der Waals surface area contributed by atoms with Gasteiger partial charge in [0, 0.05) is 37.4 Å². The number of benzene rings is 1. The molecule has 4 rings (SSSR count). The number of nitrogens with one attached hydrogen (secondary N) is 1. The van der Waals surface area contributed by atoms with Crippen molar-refractivity contribution >= 4 is 23.4 Å². The summed E-state index contributed by atoms with van der Waals surface area (Å²) in [6, 6.07) is 10.9. The lowest BCUT2D eigenvalue weighted by atomic mass is 10.0. The van der Waals surface area contributed by atoms with Gasteiger partial charge in [-0.05, 0) is 51.2 Å². The Hall–Kier alpha value is -2.83. The van der Waals surface area contributed by atoms with Crippen molar-refractivity contribution in [2.45, 2.75) is 45.6 Å². The lowest BCUT2D eigenvalue weighted by Gasteiger charge is -2.33. The van der Waals surface area contributed by atoms with Gasteiger partial charge in [-0.15, -0.1) is 0 Å². The van der Waals surface area contributed by atoms with Crippen LogP contribution in [0.4, 0.5) is 22.1 Å². The van der Waals surface area contributed by atoms with Crippen molar-refractivity contribution in [3.63, 3.8) is 0 Å². The standard InChI is InChI=1S/C22H29N5O2/c1-3-29-22(28)26-13-10-18(11-14-26)25-20-15-21(24-16(2)23-20)27-12-6-8-17-7-4-5-9-19(17)27/h4-5,7,9,15,18H,3,6,8,10-14H2,1-2H3,(H,23,24,25). The van der Waals surface area contributed by atoms with Crippen LogP contribution in [-0.2, 0) is 11.2 Å². The van der Waals surface area contributed by atoms with E-state index in [0.717, 1.165) is 49.7 Å². The molecule has 2 aromatic rings. The third-order valence-corrected chi connectivity index (χ3v) is 5.58. The summed E-state index contributed by atoms with van der Waals surface area (Å²) >= 11 is 0. The summed E-state index contributed by atoms with van der Waals surface area (Å²) in [7, 11) is 0. The first-order chi connectivity index (χ1) is 14.1. The normalized spacial score (nSPS) is 17.0. The minimum atomic E-state index is -0.213. The summed E-state index contributed by atoms with van der Waals surface area (Å²) in [5, 5.41) is 3.56. The molecule has 7 nitrogen and oxygen atoms in total.